The van der Waals surface area contributed by atoms with E-state index in [0.717, 1.165) is 24.5 Å². The van der Waals surface area contributed by atoms with Crippen molar-refractivity contribution >= 4 is 33.0 Å². The number of halogens is 5. The van der Waals surface area contributed by atoms with Gasteiger partial charge in [0.15, 0.2) is 9.84 Å². The van der Waals surface area contributed by atoms with Crippen molar-refractivity contribution in [3.05, 3.63) is 64.0 Å². The lowest BCUT2D eigenvalue weighted by Gasteiger charge is -2.10. The van der Waals surface area contributed by atoms with Crippen molar-refractivity contribution in [2.75, 3.05) is 6.26 Å². The Hall–Kier alpha value is -2.03. The van der Waals surface area contributed by atoms with Gasteiger partial charge >= 0.3 is 0 Å². The van der Waals surface area contributed by atoms with Crippen LogP contribution in [-0.2, 0) is 9.84 Å². The predicted octanol–water partition coefficient (Wildman–Crippen LogP) is 5.33. The molecule has 0 N–H and O–H groups in total. The summed E-state index contributed by atoms with van der Waals surface area (Å²) in [5, 5.41) is 4.31. The first-order valence-electron chi connectivity index (χ1n) is 7.41. The normalized spacial score (nSPS) is 12.0. The van der Waals surface area contributed by atoms with Crippen molar-refractivity contribution < 1.29 is 21.6 Å². The van der Waals surface area contributed by atoms with Crippen LogP contribution < -0.4 is 0 Å². The molecule has 0 amide bonds. The van der Waals surface area contributed by atoms with Crippen LogP contribution >= 0.6 is 23.2 Å². The van der Waals surface area contributed by atoms with Crippen LogP contribution in [0.2, 0.25) is 10.0 Å². The average molecular weight is 435 g/mol. The van der Waals surface area contributed by atoms with E-state index >= 15 is 0 Å². The Morgan fingerprint density at radius 3 is 2.30 bits per heavy atom. The first-order valence-corrected chi connectivity index (χ1v) is 10.1. The van der Waals surface area contributed by atoms with Gasteiger partial charge in [0.25, 0.3) is 6.43 Å². The Morgan fingerprint density at radius 1 is 1.04 bits per heavy atom. The van der Waals surface area contributed by atoms with Gasteiger partial charge < -0.3 is 0 Å². The molecule has 4 nitrogen and oxygen atoms in total. The van der Waals surface area contributed by atoms with Gasteiger partial charge in [-0.05, 0) is 36.4 Å². The van der Waals surface area contributed by atoms with Gasteiger partial charge in [-0.25, -0.2) is 26.3 Å². The summed E-state index contributed by atoms with van der Waals surface area (Å²) in [5.74, 6) is -0.990. The average Bonchev–Trinajstić information content (AvgIpc) is 3.01. The first kappa shape index (κ1) is 19.7. The van der Waals surface area contributed by atoms with Gasteiger partial charge in [0.2, 0.25) is 0 Å². The molecule has 0 spiro atoms. The zero-order chi connectivity index (χ0) is 19.9. The van der Waals surface area contributed by atoms with Gasteiger partial charge in [0.05, 0.1) is 21.4 Å². The number of aromatic nitrogens is 2. The van der Waals surface area contributed by atoms with E-state index in [0.29, 0.717) is 5.69 Å². The molecular formula is C17H11Cl2F3N2O2S. The van der Waals surface area contributed by atoms with Crippen LogP contribution in [0.4, 0.5) is 13.2 Å². The molecule has 0 aliphatic rings. The van der Waals surface area contributed by atoms with E-state index in [1.807, 2.05) is 0 Å². The van der Waals surface area contributed by atoms with Crippen molar-refractivity contribution in [3.63, 3.8) is 0 Å². The third kappa shape index (κ3) is 3.97. The van der Waals surface area contributed by atoms with Crippen LogP contribution in [0.25, 0.3) is 16.9 Å². The third-order valence-electron chi connectivity index (χ3n) is 3.73. The molecule has 0 radical (unpaired) electrons. The molecule has 0 bridgehead atoms. The smallest absolute Gasteiger partial charge is 0.233 e. The molecule has 1 heterocycles. The van der Waals surface area contributed by atoms with Crippen LogP contribution in [0.3, 0.4) is 0 Å². The number of hydrogen-bond acceptors (Lipinski definition) is 3. The minimum absolute atomic E-state index is 0.141. The lowest BCUT2D eigenvalue weighted by Crippen LogP contribution is -2.03. The summed E-state index contributed by atoms with van der Waals surface area (Å²) in [5.41, 5.74) is 0.121. The lowest BCUT2D eigenvalue weighted by atomic mass is 10.1. The molecule has 0 atom stereocenters. The largest absolute Gasteiger partial charge is 0.282 e. The Bertz CT molecular complexity index is 1130. The quantitative estimate of drug-likeness (QED) is 0.557. The van der Waals surface area contributed by atoms with E-state index in [9.17, 15) is 21.6 Å². The SMILES string of the molecule is CS(=O)(=O)c1ccc(-c2cc(C(F)F)nn2-c2ccc(Cl)c(Cl)c2)cc1F. The molecule has 142 valence electrons. The summed E-state index contributed by atoms with van der Waals surface area (Å²) >= 11 is 11.9. The number of rotatable bonds is 4. The second-order valence-electron chi connectivity index (χ2n) is 5.68. The van der Waals surface area contributed by atoms with Gasteiger partial charge in [-0.1, -0.05) is 29.3 Å². The highest BCUT2D eigenvalue weighted by Gasteiger charge is 2.20. The summed E-state index contributed by atoms with van der Waals surface area (Å²) < 4.78 is 64.9. The third-order valence-corrected chi connectivity index (χ3v) is 5.60. The molecular weight excluding hydrogens is 424 g/mol. The van der Waals surface area contributed by atoms with Gasteiger partial charge in [-0.15, -0.1) is 0 Å². The Kier molecular flexibility index (Phi) is 5.24. The molecule has 0 saturated carbocycles. The standard InChI is InChI=1S/C17H11Cl2F3N2O2S/c1-27(25,26)16-5-2-9(6-13(16)20)15-8-14(17(21)22)23-24(15)10-3-4-11(18)12(19)7-10/h2-8,17H,1H3. The minimum Gasteiger partial charge on any atom is -0.233 e. The molecule has 0 fully saturated rings. The summed E-state index contributed by atoms with van der Waals surface area (Å²) in [6.45, 7) is 0. The van der Waals surface area contributed by atoms with Crippen molar-refractivity contribution in [2.45, 2.75) is 11.3 Å². The van der Waals surface area contributed by atoms with E-state index in [1.54, 1.807) is 0 Å². The maximum Gasteiger partial charge on any atom is 0.282 e. The van der Waals surface area contributed by atoms with Crippen LogP contribution in [0, 0.1) is 5.82 Å². The van der Waals surface area contributed by atoms with Crippen molar-refractivity contribution in [1.82, 2.24) is 9.78 Å². The summed E-state index contributed by atoms with van der Waals surface area (Å²) in [7, 11) is -3.76. The maximum atomic E-state index is 14.3. The molecule has 0 aliphatic carbocycles. The van der Waals surface area contributed by atoms with E-state index < -0.39 is 32.7 Å². The highest BCUT2D eigenvalue weighted by atomic mass is 35.5. The van der Waals surface area contributed by atoms with Crippen LogP contribution in [0.15, 0.2) is 47.4 Å². The van der Waals surface area contributed by atoms with E-state index in [1.165, 1.54) is 28.9 Å². The van der Waals surface area contributed by atoms with Crippen LogP contribution in [0.1, 0.15) is 12.1 Å². The molecule has 0 aliphatic heterocycles. The Labute approximate surface area is 163 Å². The fraction of sp³-hybridized carbons (Fsp3) is 0.118. The molecule has 27 heavy (non-hydrogen) atoms. The number of benzene rings is 2. The highest BCUT2D eigenvalue weighted by molar-refractivity contribution is 7.90. The highest BCUT2D eigenvalue weighted by Crippen LogP contribution is 2.32. The molecule has 0 unspecified atom stereocenters. The van der Waals surface area contributed by atoms with Crippen LogP contribution in [0.5, 0.6) is 0 Å². The molecule has 1 aromatic heterocycles. The Balaban J connectivity index is 2.20. The van der Waals surface area contributed by atoms with E-state index in [-0.39, 0.29) is 21.3 Å². The zero-order valence-corrected chi connectivity index (χ0v) is 16.0. The lowest BCUT2D eigenvalue weighted by molar-refractivity contribution is 0.145. The fourth-order valence-electron chi connectivity index (χ4n) is 2.49. The molecule has 10 heteroatoms. The zero-order valence-electron chi connectivity index (χ0n) is 13.6. The second-order valence-corrected chi connectivity index (χ2v) is 8.48. The second kappa shape index (κ2) is 7.18. The van der Waals surface area contributed by atoms with Gasteiger partial charge in [0, 0.05) is 11.8 Å². The molecule has 0 saturated heterocycles. The summed E-state index contributed by atoms with van der Waals surface area (Å²) in [6.07, 6.45) is -1.98. The fourth-order valence-corrected chi connectivity index (χ4v) is 3.51. The maximum absolute atomic E-state index is 14.3. The predicted molar refractivity (Wildman–Crippen MR) is 97.0 cm³/mol. The summed E-state index contributed by atoms with van der Waals surface area (Å²) in [4.78, 5) is -0.485. The van der Waals surface area contributed by atoms with Crippen molar-refractivity contribution in [2.24, 2.45) is 0 Å². The molecule has 2 aromatic carbocycles. The van der Waals surface area contributed by atoms with E-state index in [2.05, 4.69) is 5.10 Å². The summed E-state index contributed by atoms with van der Waals surface area (Å²) in [6, 6.07) is 8.87. The van der Waals surface area contributed by atoms with Crippen molar-refractivity contribution in [1.29, 1.82) is 0 Å². The van der Waals surface area contributed by atoms with Gasteiger partial charge in [0.1, 0.15) is 16.4 Å². The number of alkyl halides is 2. The van der Waals surface area contributed by atoms with Gasteiger partial charge in [-0.2, -0.15) is 5.10 Å². The topological polar surface area (TPSA) is 52.0 Å². The Morgan fingerprint density at radius 2 is 1.74 bits per heavy atom. The number of hydrogen-bond donors (Lipinski definition) is 0. The van der Waals surface area contributed by atoms with E-state index in [4.69, 9.17) is 23.2 Å². The number of nitrogens with zero attached hydrogens (tertiary/aromatic N) is 2. The minimum atomic E-state index is -3.76. The first-order chi connectivity index (χ1) is 12.6. The van der Waals surface area contributed by atoms with Crippen molar-refractivity contribution in [3.8, 4) is 16.9 Å². The monoisotopic (exact) mass is 434 g/mol. The molecule has 3 aromatic rings. The van der Waals surface area contributed by atoms with Crippen LogP contribution in [-0.4, -0.2) is 24.5 Å². The van der Waals surface area contributed by atoms with Gasteiger partial charge in [-0.3, -0.25) is 0 Å². The molecule has 3 rings (SSSR count). The number of sulfone groups is 1.